The summed E-state index contributed by atoms with van der Waals surface area (Å²) in [7, 11) is 0. The first kappa shape index (κ1) is 19.3. The Morgan fingerprint density at radius 2 is 1.52 bits per heavy atom. The maximum Gasteiger partial charge on any atom is 0.416 e. The number of benzene rings is 2. The number of anilines is 1. The van der Waals surface area contributed by atoms with Gasteiger partial charge in [-0.3, -0.25) is 4.79 Å². The van der Waals surface area contributed by atoms with Gasteiger partial charge in [0.15, 0.2) is 0 Å². The lowest BCUT2D eigenvalue weighted by Gasteiger charge is -2.36. The number of aryl methyl sites for hydroxylation is 3. The molecule has 0 unspecified atom stereocenters. The van der Waals surface area contributed by atoms with Crippen molar-refractivity contribution >= 4 is 11.6 Å². The number of hydrogen-bond acceptors (Lipinski definition) is 2. The molecular weight excluding hydrogens is 353 g/mol. The standard InChI is InChI=1S/C21H23F3N2O/c1-14-11-16(3)19(12-15(14)2)20(27)26-9-7-25(8-10-26)18-6-4-5-17(13-18)21(22,23)24/h4-6,11-13H,7-10H2,1-3H3. The van der Waals surface area contributed by atoms with E-state index >= 15 is 0 Å². The van der Waals surface area contributed by atoms with E-state index in [1.165, 1.54) is 12.1 Å². The number of piperazine rings is 1. The zero-order chi connectivity index (χ0) is 19.8. The van der Waals surface area contributed by atoms with Gasteiger partial charge in [0, 0.05) is 37.4 Å². The van der Waals surface area contributed by atoms with Gasteiger partial charge in [0.1, 0.15) is 0 Å². The lowest BCUT2D eigenvalue weighted by molar-refractivity contribution is -0.137. The van der Waals surface area contributed by atoms with Crippen molar-refractivity contribution in [1.82, 2.24) is 4.90 Å². The third kappa shape index (κ3) is 4.10. The van der Waals surface area contributed by atoms with Crippen LogP contribution in [0.15, 0.2) is 36.4 Å². The van der Waals surface area contributed by atoms with E-state index in [0.29, 0.717) is 37.4 Å². The quantitative estimate of drug-likeness (QED) is 0.765. The molecule has 1 fully saturated rings. The third-order valence-electron chi connectivity index (χ3n) is 5.18. The molecule has 144 valence electrons. The molecule has 1 aliphatic rings. The van der Waals surface area contributed by atoms with Gasteiger partial charge in [0.25, 0.3) is 5.91 Å². The zero-order valence-electron chi connectivity index (χ0n) is 15.7. The molecule has 2 aromatic rings. The number of carbonyl (C=O) groups excluding carboxylic acids is 1. The Morgan fingerprint density at radius 1 is 0.889 bits per heavy atom. The van der Waals surface area contributed by atoms with Gasteiger partial charge in [0.2, 0.25) is 0 Å². The van der Waals surface area contributed by atoms with Gasteiger partial charge in [0.05, 0.1) is 5.56 Å². The van der Waals surface area contributed by atoms with E-state index in [2.05, 4.69) is 0 Å². The van der Waals surface area contributed by atoms with E-state index in [0.717, 1.165) is 22.8 Å². The summed E-state index contributed by atoms with van der Waals surface area (Å²) in [5.41, 5.74) is 3.77. The van der Waals surface area contributed by atoms with E-state index in [1.807, 2.05) is 37.8 Å². The minimum atomic E-state index is -4.35. The summed E-state index contributed by atoms with van der Waals surface area (Å²) in [6, 6.07) is 9.29. The Morgan fingerprint density at radius 3 is 2.15 bits per heavy atom. The maximum absolute atomic E-state index is 12.9. The van der Waals surface area contributed by atoms with Crippen LogP contribution in [-0.4, -0.2) is 37.0 Å². The van der Waals surface area contributed by atoms with E-state index in [1.54, 1.807) is 11.0 Å². The minimum Gasteiger partial charge on any atom is -0.368 e. The number of nitrogens with zero attached hydrogens (tertiary/aromatic N) is 2. The summed E-state index contributed by atoms with van der Waals surface area (Å²) in [5, 5.41) is 0. The first-order valence-corrected chi connectivity index (χ1v) is 8.96. The van der Waals surface area contributed by atoms with E-state index < -0.39 is 11.7 Å². The molecule has 0 aliphatic carbocycles. The van der Waals surface area contributed by atoms with Gasteiger partial charge in [-0.1, -0.05) is 12.1 Å². The fourth-order valence-electron chi connectivity index (χ4n) is 3.41. The topological polar surface area (TPSA) is 23.6 Å². The molecule has 2 aromatic carbocycles. The first-order chi connectivity index (χ1) is 12.7. The molecule has 0 saturated carbocycles. The van der Waals surface area contributed by atoms with Crippen molar-refractivity contribution in [3.05, 3.63) is 64.2 Å². The third-order valence-corrected chi connectivity index (χ3v) is 5.18. The van der Waals surface area contributed by atoms with Crippen LogP contribution in [0.25, 0.3) is 0 Å². The number of rotatable bonds is 2. The number of alkyl halides is 3. The minimum absolute atomic E-state index is 0.0145. The highest BCUT2D eigenvalue weighted by molar-refractivity contribution is 5.96. The van der Waals surface area contributed by atoms with Crippen LogP contribution < -0.4 is 4.90 Å². The molecule has 0 aromatic heterocycles. The molecule has 0 atom stereocenters. The SMILES string of the molecule is Cc1cc(C)c(C(=O)N2CCN(c3cccc(C(F)(F)F)c3)CC2)cc1C. The van der Waals surface area contributed by atoms with Gasteiger partial charge in [-0.25, -0.2) is 0 Å². The lowest BCUT2D eigenvalue weighted by atomic mass is 10.00. The summed E-state index contributed by atoms with van der Waals surface area (Å²) in [6.07, 6.45) is -4.35. The van der Waals surface area contributed by atoms with Crippen molar-refractivity contribution in [3.63, 3.8) is 0 Å². The van der Waals surface area contributed by atoms with Crippen LogP contribution in [0.1, 0.15) is 32.6 Å². The van der Waals surface area contributed by atoms with Crippen LogP contribution in [0.3, 0.4) is 0 Å². The normalized spacial score (nSPS) is 15.2. The summed E-state index contributed by atoms with van der Waals surface area (Å²) < 4.78 is 38.8. The summed E-state index contributed by atoms with van der Waals surface area (Å²) in [5.74, 6) is -0.0145. The Bertz CT molecular complexity index is 853. The molecule has 0 bridgehead atoms. The average molecular weight is 376 g/mol. The van der Waals surface area contributed by atoms with Crippen LogP contribution >= 0.6 is 0 Å². The van der Waals surface area contributed by atoms with E-state index in [-0.39, 0.29) is 5.91 Å². The zero-order valence-corrected chi connectivity index (χ0v) is 15.7. The molecule has 1 aliphatic heterocycles. The number of amides is 1. The highest BCUT2D eigenvalue weighted by Crippen LogP contribution is 2.32. The molecule has 0 spiro atoms. The summed E-state index contributed by atoms with van der Waals surface area (Å²) in [4.78, 5) is 16.5. The first-order valence-electron chi connectivity index (χ1n) is 8.96. The number of carbonyl (C=O) groups is 1. The molecule has 3 rings (SSSR count). The summed E-state index contributed by atoms with van der Waals surface area (Å²) >= 11 is 0. The Kier molecular flexibility index (Phi) is 5.18. The van der Waals surface area contributed by atoms with Gasteiger partial charge >= 0.3 is 6.18 Å². The van der Waals surface area contributed by atoms with Crippen LogP contribution in [0.5, 0.6) is 0 Å². The molecule has 27 heavy (non-hydrogen) atoms. The van der Waals surface area contributed by atoms with Gasteiger partial charge in [-0.2, -0.15) is 13.2 Å². The van der Waals surface area contributed by atoms with Crippen molar-refractivity contribution in [2.75, 3.05) is 31.1 Å². The molecule has 3 nitrogen and oxygen atoms in total. The smallest absolute Gasteiger partial charge is 0.368 e. The Labute approximate surface area is 157 Å². The van der Waals surface area contributed by atoms with E-state index in [4.69, 9.17) is 0 Å². The van der Waals surface area contributed by atoms with E-state index in [9.17, 15) is 18.0 Å². The fourth-order valence-corrected chi connectivity index (χ4v) is 3.41. The van der Waals surface area contributed by atoms with Crippen LogP contribution in [0, 0.1) is 20.8 Å². The molecule has 1 amide bonds. The predicted octanol–water partition coefficient (Wildman–Crippen LogP) is 4.59. The second-order valence-corrected chi connectivity index (χ2v) is 7.08. The second kappa shape index (κ2) is 7.25. The van der Waals surface area contributed by atoms with Crippen LogP contribution in [-0.2, 0) is 6.18 Å². The molecule has 1 saturated heterocycles. The van der Waals surface area contributed by atoms with Crippen molar-refractivity contribution in [3.8, 4) is 0 Å². The Hall–Kier alpha value is -2.50. The van der Waals surface area contributed by atoms with Crippen molar-refractivity contribution in [1.29, 1.82) is 0 Å². The molecular formula is C21H23F3N2O. The maximum atomic E-state index is 12.9. The lowest BCUT2D eigenvalue weighted by Crippen LogP contribution is -2.49. The fraction of sp³-hybridized carbons (Fsp3) is 0.381. The molecule has 6 heteroatoms. The highest BCUT2D eigenvalue weighted by Gasteiger charge is 2.31. The molecule has 0 radical (unpaired) electrons. The average Bonchev–Trinajstić information content (AvgIpc) is 2.64. The Balaban J connectivity index is 1.71. The van der Waals surface area contributed by atoms with Crippen LogP contribution in [0.4, 0.5) is 18.9 Å². The van der Waals surface area contributed by atoms with Gasteiger partial charge in [-0.15, -0.1) is 0 Å². The molecule has 0 N–H and O–H groups in total. The van der Waals surface area contributed by atoms with Gasteiger partial charge in [-0.05, 0) is 61.7 Å². The van der Waals surface area contributed by atoms with Crippen LogP contribution in [0.2, 0.25) is 0 Å². The highest BCUT2D eigenvalue weighted by atomic mass is 19.4. The molecule has 1 heterocycles. The largest absolute Gasteiger partial charge is 0.416 e. The number of halogens is 3. The van der Waals surface area contributed by atoms with Gasteiger partial charge < -0.3 is 9.80 Å². The second-order valence-electron chi connectivity index (χ2n) is 7.08. The number of hydrogen-bond donors (Lipinski definition) is 0. The van der Waals surface area contributed by atoms with Crippen molar-refractivity contribution in [2.45, 2.75) is 26.9 Å². The predicted molar refractivity (Wildman–Crippen MR) is 100 cm³/mol. The van der Waals surface area contributed by atoms with Crippen molar-refractivity contribution in [2.24, 2.45) is 0 Å². The monoisotopic (exact) mass is 376 g/mol. The van der Waals surface area contributed by atoms with Crippen molar-refractivity contribution < 1.29 is 18.0 Å². The summed E-state index contributed by atoms with van der Waals surface area (Å²) in [6.45, 7) is 7.93.